The number of rotatable bonds is 5. The van der Waals surface area contributed by atoms with Crippen molar-refractivity contribution >= 4 is 38.8 Å². The Hall–Kier alpha value is -2.49. The van der Waals surface area contributed by atoms with Crippen LogP contribution < -0.4 is 10.2 Å². The van der Waals surface area contributed by atoms with Crippen LogP contribution in [0.2, 0.25) is 5.02 Å². The van der Waals surface area contributed by atoms with Crippen molar-refractivity contribution in [2.45, 2.75) is 23.5 Å². The third-order valence-corrected chi connectivity index (χ3v) is 6.04. The smallest absolute Gasteiger partial charge is 0.268 e. The van der Waals surface area contributed by atoms with E-state index < -0.39 is 33.0 Å². The maximum absolute atomic E-state index is 13.4. The Morgan fingerprint density at radius 1 is 1.34 bits per heavy atom. The van der Waals surface area contributed by atoms with Gasteiger partial charge in [-0.1, -0.05) is 11.6 Å². The Bertz CT molecular complexity index is 1060. The van der Waals surface area contributed by atoms with E-state index in [1.807, 2.05) is 0 Å². The van der Waals surface area contributed by atoms with Crippen molar-refractivity contribution in [2.24, 2.45) is 0 Å². The van der Waals surface area contributed by atoms with Crippen LogP contribution in [-0.4, -0.2) is 39.5 Å². The van der Waals surface area contributed by atoms with Crippen LogP contribution in [0.3, 0.4) is 0 Å². The summed E-state index contributed by atoms with van der Waals surface area (Å²) in [6.45, 7) is 0.00519. The van der Waals surface area contributed by atoms with Gasteiger partial charge in [-0.05, 0) is 48.0 Å². The van der Waals surface area contributed by atoms with E-state index in [0.717, 1.165) is 6.07 Å². The Kier molecular flexibility index (Phi) is 5.66. The zero-order chi connectivity index (χ0) is 21.4. The van der Waals surface area contributed by atoms with Crippen LogP contribution in [0.15, 0.2) is 47.4 Å². The van der Waals surface area contributed by atoms with Gasteiger partial charge in [-0.2, -0.15) is 0 Å². The van der Waals surface area contributed by atoms with Crippen molar-refractivity contribution in [1.29, 1.82) is 4.78 Å². The molecule has 0 saturated carbocycles. The highest BCUT2D eigenvalue weighted by molar-refractivity contribution is 7.91. The predicted molar refractivity (Wildman–Crippen MR) is 107 cm³/mol. The van der Waals surface area contributed by atoms with Crippen molar-refractivity contribution in [3.05, 3.63) is 58.9 Å². The molecule has 1 aliphatic rings. The van der Waals surface area contributed by atoms with Crippen LogP contribution in [0, 0.1) is 10.6 Å². The summed E-state index contributed by atoms with van der Waals surface area (Å²) in [6.07, 6.45) is 1.17. The van der Waals surface area contributed by atoms with Gasteiger partial charge in [-0.25, -0.2) is 13.4 Å². The Morgan fingerprint density at radius 2 is 2.00 bits per heavy atom. The van der Waals surface area contributed by atoms with Gasteiger partial charge in [0.05, 0.1) is 9.73 Å². The second-order valence-electron chi connectivity index (χ2n) is 6.86. The molecule has 7 nitrogen and oxygen atoms in total. The molecule has 1 aliphatic heterocycles. The van der Waals surface area contributed by atoms with Gasteiger partial charge in [0.25, 0.3) is 11.8 Å². The van der Waals surface area contributed by atoms with E-state index in [1.54, 1.807) is 0 Å². The zero-order valence-corrected chi connectivity index (χ0v) is 17.0. The monoisotopic (exact) mass is 439 g/mol. The average Bonchev–Trinajstić information content (AvgIpc) is 2.94. The minimum atomic E-state index is -2.89. The minimum absolute atomic E-state index is 0.102. The molecule has 2 atom stereocenters. The third-order valence-electron chi connectivity index (χ3n) is 4.65. The molecule has 0 radical (unpaired) electrons. The van der Waals surface area contributed by atoms with Gasteiger partial charge in [0.15, 0.2) is 0 Å². The molecule has 154 valence electrons. The molecule has 3 rings (SSSR count). The quantitative estimate of drug-likeness (QED) is 0.621. The van der Waals surface area contributed by atoms with Crippen LogP contribution >= 0.6 is 11.6 Å². The number of hydrogen-bond donors (Lipinski definition) is 3. The number of nitrogens with zero attached hydrogens (tertiary/aromatic N) is 1. The van der Waals surface area contributed by atoms with Crippen molar-refractivity contribution in [3.8, 4) is 0 Å². The summed E-state index contributed by atoms with van der Waals surface area (Å²) in [4.78, 5) is 26.8. The highest BCUT2D eigenvalue weighted by Crippen LogP contribution is 2.29. The summed E-state index contributed by atoms with van der Waals surface area (Å²) in [6, 6.07) is 9.77. The largest absolute Gasteiger partial charge is 0.372 e. The first-order chi connectivity index (χ1) is 13.5. The first kappa shape index (κ1) is 21.2. The second-order valence-corrected chi connectivity index (χ2v) is 9.46. The molecule has 0 aliphatic carbocycles. The standard InChI is InChI=1S/C19H19ClFN3O4S/c1-29(22,28)16-4-2-15(3-5-16)24-7-6-19(27,18(24)26)17(25)23-11-12-8-13(20)10-14(21)9-12/h2-5,8-10,22,27H,6-7,11H2,1H3,(H,23,25)/t19-,29+/m0/s1. The van der Waals surface area contributed by atoms with Crippen LogP contribution in [0.1, 0.15) is 12.0 Å². The highest BCUT2D eigenvalue weighted by Gasteiger charge is 2.51. The van der Waals surface area contributed by atoms with E-state index in [9.17, 15) is 23.3 Å². The molecule has 0 bridgehead atoms. The number of halogens is 2. The summed E-state index contributed by atoms with van der Waals surface area (Å²) in [5.41, 5.74) is -1.44. The van der Waals surface area contributed by atoms with E-state index in [1.165, 1.54) is 47.6 Å². The summed E-state index contributed by atoms with van der Waals surface area (Å²) < 4.78 is 32.7. The maximum atomic E-state index is 13.4. The van der Waals surface area contributed by atoms with Gasteiger partial charge in [-0.3, -0.25) is 9.59 Å². The number of anilines is 1. The van der Waals surface area contributed by atoms with Crippen molar-refractivity contribution in [1.82, 2.24) is 5.32 Å². The van der Waals surface area contributed by atoms with E-state index in [2.05, 4.69) is 5.32 Å². The number of benzene rings is 2. The molecule has 2 amide bonds. The lowest BCUT2D eigenvalue weighted by atomic mass is 10.0. The average molecular weight is 440 g/mol. The van der Waals surface area contributed by atoms with Gasteiger partial charge in [0, 0.05) is 41.4 Å². The van der Waals surface area contributed by atoms with Gasteiger partial charge >= 0.3 is 0 Å². The topological polar surface area (TPSA) is 111 Å². The number of carbonyl (C=O) groups excluding carboxylic acids is 2. The van der Waals surface area contributed by atoms with E-state index in [4.69, 9.17) is 16.4 Å². The maximum Gasteiger partial charge on any atom is 0.268 e. The molecular formula is C19H19ClFN3O4S. The molecule has 29 heavy (non-hydrogen) atoms. The lowest BCUT2D eigenvalue weighted by molar-refractivity contribution is -0.149. The lowest BCUT2D eigenvalue weighted by Crippen LogP contribution is -2.52. The molecule has 0 unspecified atom stereocenters. The first-order valence-corrected chi connectivity index (χ1v) is 11.0. The minimum Gasteiger partial charge on any atom is -0.372 e. The fraction of sp³-hybridized carbons (Fsp3) is 0.263. The number of aliphatic hydroxyl groups is 1. The van der Waals surface area contributed by atoms with Crippen molar-refractivity contribution < 1.29 is 23.3 Å². The highest BCUT2D eigenvalue weighted by atomic mass is 35.5. The molecule has 1 saturated heterocycles. The normalized spacial score (nSPS) is 21.1. The van der Waals surface area contributed by atoms with E-state index in [0.29, 0.717) is 16.1 Å². The molecule has 2 aromatic carbocycles. The first-order valence-electron chi connectivity index (χ1n) is 8.62. The van der Waals surface area contributed by atoms with E-state index in [-0.39, 0.29) is 24.5 Å². The van der Waals surface area contributed by atoms with Crippen LogP contribution in [0.25, 0.3) is 0 Å². The Morgan fingerprint density at radius 3 is 2.59 bits per heavy atom. The zero-order valence-electron chi connectivity index (χ0n) is 15.4. The molecule has 3 N–H and O–H groups in total. The van der Waals surface area contributed by atoms with Gasteiger partial charge in [-0.15, -0.1) is 0 Å². The molecular weight excluding hydrogens is 421 g/mol. The van der Waals surface area contributed by atoms with Gasteiger partial charge in [0.1, 0.15) is 5.82 Å². The molecule has 10 heteroatoms. The number of carbonyl (C=O) groups is 2. The number of nitrogens with one attached hydrogen (secondary N) is 2. The van der Waals surface area contributed by atoms with Crippen molar-refractivity contribution in [2.75, 3.05) is 17.7 Å². The number of amides is 2. The van der Waals surface area contributed by atoms with Gasteiger partial charge in [0.2, 0.25) is 5.60 Å². The number of hydrogen-bond acceptors (Lipinski definition) is 5. The molecule has 1 fully saturated rings. The second kappa shape index (κ2) is 7.74. The summed E-state index contributed by atoms with van der Waals surface area (Å²) >= 11 is 5.78. The Labute approximate surface area is 172 Å². The van der Waals surface area contributed by atoms with Crippen LogP contribution in [0.4, 0.5) is 10.1 Å². The molecule has 0 spiro atoms. The summed E-state index contributed by atoms with van der Waals surface area (Å²) in [5.74, 6) is -2.23. The molecule has 2 aromatic rings. The van der Waals surface area contributed by atoms with Gasteiger partial charge < -0.3 is 15.3 Å². The summed E-state index contributed by atoms with van der Waals surface area (Å²) in [5, 5.41) is 13.3. The van der Waals surface area contributed by atoms with E-state index >= 15 is 0 Å². The molecule has 1 heterocycles. The summed E-state index contributed by atoms with van der Waals surface area (Å²) in [7, 11) is -2.89. The fourth-order valence-corrected chi connectivity index (χ4v) is 3.99. The molecule has 0 aromatic heterocycles. The SMILES string of the molecule is C[S@@](=N)(=O)c1ccc(N2CC[C@](O)(C(=O)NCc3cc(F)cc(Cl)c3)C2=O)cc1. The predicted octanol–water partition coefficient (Wildman–Crippen LogP) is 2.30. The van der Waals surface area contributed by atoms with Crippen molar-refractivity contribution in [3.63, 3.8) is 0 Å². The lowest BCUT2D eigenvalue weighted by Gasteiger charge is -2.22. The fourth-order valence-electron chi connectivity index (χ4n) is 3.09. The van der Waals surface area contributed by atoms with Crippen LogP contribution in [-0.2, 0) is 25.9 Å². The third kappa shape index (κ3) is 4.42. The van der Waals surface area contributed by atoms with Crippen LogP contribution in [0.5, 0.6) is 0 Å². The Balaban J connectivity index is 1.72.